The number of ether oxygens (including phenoxy) is 1. The van der Waals surface area contributed by atoms with Gasteiger partial charge in [0.1, 0.15) is 12.4 Å². The van der Waals surface area contributed by atoms with Crippen molar-refractivity contribution in [2.75, 3.05) is 6.61 Å². The lowest BCUT2D eigenvalue weighted by molar-refractivity contribution is 0.309. The van der Waals surface area contributed by atoms with Gasteiger partial charge in [-0.1, -0.05) is 29.5 Å². The van der Waals surface area contributed by atoms with Crippen LogP contribution in [0.5, 0.6) is 5.75 Å². The van der Waals surface area contributed by atoms with Gasteiger partial charge in [-0.15, -0.1) is 10.2 Å². The van der Waals surface area contributed by atoms with Crippen molar-refractivity contribution < 1.29 is 8.92 Å². The zero-order chi connectivity index (χ0) is 19.0. The van der Waals surface area contributed by atoms with Crippen LogP contribution in [0.25, 0.3) is 10.9 Å². The summed E-state index contributed by atoms with van der Waals surface area (Å²) in [5.41, 5.74) is 1.89. The third-order valence-corrected chi connectivity index (χ3v) is 4.74. The first-order chi connectivity index (χ1) is 13.9. The molecule has 2 aromatic carbocycles. The fraction of sp³-hybridized carbons (Fsp3) is 0.200. The van der Waals surface area contributed by atoms with E-state index < -0.39 is 0 Å². The van der Waals surface area contributed by atoms with Gasteiger partial charge in [0.25, 0.3) is 0 Å². The molecular formula is C20H19N5O2S. The Morgan fingerprint density at radius 3 is 2.71 bits per heavy atom. The van der Waals surface area contributed by atoms with Crippen molar-refractivity contribution in [1.29, 1.82) is 0 Å². The summed E-state index contributed by atoms with van der Waals surface area (Å²) in [7, 11) is 0. The van der Waals surface area contributed by atoms with Crippen molar-refractivity contribution in [2.45, 2.75) is 24.3 Å². The Hall–Kier alpha value is -2.97. The van der Waals surface area contributed by atoms with Crippen molar-refractivity contribution in [3.05, 3.63) is 72.2 Å². The molecule has 7 nitrogen and oxygen atoms in total. The second-order valence-corrected chi connectivity index (χ2v) is 6.97. The molecule has 0 aliphatic heterocycles. The van der Waals surface area contributed by atoms with Crippen LogP contribution < -0.4 is 4.74 Å². The number of hydrogen-bond acceptors (Lipinski definition) is 7. The minimum Gasteiger partial charge on any atom is -0.494 e. The number of aryl methyl sites for hydroxylation is 1. The summed E-state index contributed by atoms with van der Waals surface area (Å²) in [4.78, 5) is 5.62. The van der Waals surface area contributed by atoms with E-state index in [0.717, 1.165) is 40.1 Å². The number of benzene rings is 2. The highest BCUT2D eigenvalue weighted by Gasteiger charge is 2.02. The van der Waals surface area contributed by atoms with E-state index in [9.17, 15) is 0 Å². The highest BCUT2D eigenvalue weighted by Crippen LogP contribution is 2.24. The summed E-state index contributed by atoms with van der Waals surface area (Å²) in [5.74, 6) is 1.53. The second-order valence-electron chi connectivity index (χ2n) is 6.09. The molecule has 28 heavy (non-hydrogen) atoms. The minimum absolute atomic E-state index is 0.448. The molecular weight excluding hydrogens is 374 g/mol. The Labute approximate surface area is 166 Å². The highest BCUT2D eigenvalue weighted by atomic mass is 32.2. The van der Waals surface area contributed by atoms with Gasteiger partial charge in [-0.3, -0.25) is 4.98 Å². The standard InChI is InChI=1S/C20H19N5O2S/c1-2-5-19-15(4-1)7-8-16(21-19)14-27-28-18-11-9-17(10-12-18)26-13-3-6-20-22-24-25-23-20/h1-2,4-5,7-12H,3,6,13-14H2,(H,22,23,24,25). The lowest BCUT2D eigenvalue weighted by Crippen LogP contribution is -2.00. The molecule has 0 spiro atoms. The van der Waals surface area contributed by atoms with Crippen LogP contribution in [0.15, 0.2) is 65.6 Å². The maximum atomic E-state index is 5.73. The molecule has 0 bridgehead atoms. The van der Waals surface area contributed by atoms with Gasteiger partial charge >= 0.3 is 0 Å². The largest absolute Gasteiger partial charge is 0.494 e. The number of pyridine rings is 1. The Morgan fingerprint density at radius 1 is 0.964 bits per heavy atom. The Morgan fingerprint density at radius 2 is 1.86 bits per heavy atom. The van der Waals surface area contributed by atoms with Gasteiger partial charge in [-0.2, -0.15) is 5.21 Å². The van der Waals surface area contributed by atoms with Gasteiger partial charge in [-0.25, -0.2) is 0 Å². The summed E-state index contributed by atoms with van der Waals surface area (Å²) in [6.45, 7) is 1.05. The molecule has 2 aromatic heterocycles. The van der Waals surface area contributed by atoms with E-state index in [1.807, 2.05) is 48.5 Å². The fourth-order valence-electron chi connectivity index (χ4n) is 2.65. The number of rotatable bonds is 9. The SMILES string of the molecule is c1ccc2nc(COSc3ccc(OCCCc4nn[nH]n4)cc3)ccc2c1. The Bertz CT molecular complexity index is 1010. The van der Waals surface area contributed by atoms with Gasteiger partial charge in [0.15, 0.2) is 5.82 Å². The van der Waals surface area contributed by atoms with Crippen LogP contribution in [-0.4, -0.2) is 32.2 Å². The van der Waals surface area contributed by atoms with Crippen LogP contribution in [0.4, 0.5) is 0 Å². The highest BCUT2D eigenvalue weighted by molar-refractivity contribution is 7.94. The van der Waals surface area contributed by atoms with Crippen molar-refractivity contribution in [1.82, 2.24) is 25.6 Å². The number of aromatic amines is 1. The topological polar surface area (TPSA) is 85.8 Å². The zero-order valence-corrected chi connectivity index (χ0v) is 15.9. The summed E-state index contributed by atoms with van der Waals surface area (Å²) in [6.07, 6.45) is 1.57. The van der Waals surface area contributed by atoms with Crippen LogP contribution in [0, 0.1) is 0 Å². The van der Waals surface area contributed by atoms with Crippen molar-refractivity contribution in [3.63, 3.8) is 0 Å². The molecule has 0 radical (unpaired) electrons. The molecule has 0 amide bonds. The molecule has 2 heterocycles. The van der Waals surface area contributed by atoms with Crippen molar-refractivity contribution in [2.24, 2.45) is 0 Å². The smallest absolute Gasteiger partial charge is 0.174 e. The van der Waals surface area contributed by atoms with Crippen LogP contribution in [0.2, 0.25) is 0 Å². The van der Waals surface area contributed by atoms with Crippen LogP contribution in [0.3, 0.4) is 0 Å². The molecule has 0 saturated carbocycles. The third-order valence-electron chi connectivity index (χ3n) is 4.04. The van der Waals surface area contributed by atoms with E-state index in [2.05, 4.69) is 37.7 Å². The van der Waals surface area contributed by atoms with Gasteiger partial charge in [-0.05, 0) is 42.8 Å². The molecule has 4 aromatic rings. The van der Waals surface area contributed by atoms with Gasteiger partial charge in [0.05, 0.1) is 17.8 Å². The molecule has 0 saturated heterocycles. The number of nitrogens with zero attached hydrogens (tertiary/aromatic N) is 4. The predicted octanol–water partition coefficient (Wildman–Crippen LogP) is 3.98. The number of para-hydroxylation sites is 1. The average Bonchev–Trinajstić information content (AvgIpc) is 3.26. The van der Waals surface area contributed by atoms with E-state index in [1.54, 1.807) is 0 Å². The summed E-state index contributed by atoms with van der Waals surface area (Å²) < 4.78 is 11.5. The van der Waals surface area contributed by atoms with Crippen molar-refractivity contribution in [3.8, 4) is 5.75 Å². The lowest BCUT2D eigenvalue weighted by Gasteiger charge is -2.07. The second kappa shape index (κ2) is 9.29. The fourth-order valence-corrected chi connectivity index (χ4v) is 3.21. The summed E-state index contributed by atoms with van der Waals surface area (Å²) in [6, 6.07) is 20.0. The lowest BCUT2D eigenvalue weighted by atomic mass is 10.2. The molecule has 0 unspecified atom stereocenters. The monoisotopic (exact) mass is 393 g/mol. The summed E-state index contributed by atoms with van der Waals surface area (Å²) >= 11 is 1.33. The normalized spacial score (nSPS) is 11.0. The number of hydrogen-bond donors (Lipinski definition) is 1. The van der Waals surface area contributed by atoms with Gasteiger partial charge in [0, 0.05) is 28.7 Å². The third kappa shape index (κ3) is 5.05. The maximum absolute atomic E-state index is 5.73. The van der Waals surface area contributed by atoms with Crippen molar-refractivity contribution >= 4 is 22.9 Å². The first-order valence-electron chi connectivity index (χ1n) is 8.96. The van der Waals surface area contributed by atoms with Crippen LogP contribution >= 0.6 is 12.0 Å². The number of tetrazole rings is 1. The molecule has 142 valence electrons. The van der Waals surface area contributed by atoms with E-state index in [4.69, 9.17) is 8.92 Å². The molecule has 0 aliphatic rings. The van der Waals surface area contributed by atoms with Crippen LogP contribution in [-0.2, 0) is 17.2 Å². The zero-order valence-electron chi connectivity index (χ0n) is 15.1. The minimum atomic E-state index is 0.448. The molecule has 4 rings (SSSR count). The molecule has 0 fully saturated rings. The first kappa shape index (κ1) is 18.4. The molecule has 8 heteroatoms. The van der Waals surface area contributed by atoms with Gasteiger partial charge < -0.3 is 8.92 Å². The van der Waals surface area contributed by atoms with E-state index in [0.29, 0.717) is 19.0 Å². The quantitative estimate of drug-likeness (QED) is 0.340. The maximum Gasteiger partial charge on any atom is 0.174 e. The number of fused-ring (bicyclic) bond motifs is 1. The first-order valence-corrected chi connectivity index (χ1v) is 9.70. The predicted molar refractivity (Wildman–Crippen MR) is 107 cm³/mol. The van der Waals surface area contributed by atoms with E-state index in [-0.39, 0.29) is 0 Å². The van der Waals surface area contributed by atoms with E-state index in [1.165, 1.54) is 12.0 Å². The number of H-pyrrole nitrogens is 1. The van der Waals surface area contributed by atoms with Crippen LogP contribution in [0.1, 0.15) is 17.9 Å². The summed E-state index contributed by atoms with van der Waals surface area (Å²) in [5, 5.41) is 14.9. The molecule has 0 atom stereocenters. The molecule has 0 aliphatic carbocycles. The molecule has 1 N–H and O–H groups in total. The average molecular weight is 393 g/mol. The van der Waals surface area contributed by atoms with E-state index >= 15 is 0 Å². The van der Waals surface area contributed by atoms with Gasteiger partial charge in [0.2, 0.25) is 0 Å². The number of aromatic nitrogens is 5. The Balaban J connectivity index is 1.20. The Kier molecular flexibility index (Phi) is 6.11. The number of nitrogens with one attached hydrogen (secondary N) is 1.